The van der Waals surface area contributed by atoms with Crippen LogP contribution in [-0.2, 0) is 4.79 Å². The quantitative estimate of drug-likeness (QED) is 0.418. The Kier molecular flexibility index (Phi) is 4.70. The van der Waals surface area contributed by atoms with Gasteiger partial charge in [0.2, 0.25) is 0 Å². The Labute approximate surface area is 145 Å². The summed E-state index contributed by atoms with van der Waals surface area (Å²) in [5.74, 6) is -0.0895. The van der Waals surface area contributed by atoms with Gasteiger partial charge in [-0.1, -0.05) is 48.0 Å². The van der Waals surface area contributed by atoms with Crippen molar-refractivity contribution in [2.45, 2.75) is 20.8 Å². The lowest BCUT2D eigenvalue weighted by atomic mass is 10.1. The van der Waals surface area contributed by atoms with Gasteiger partial charge in [-0.3, -0.25) is 0 Å². The molecule has 0 bridgehead atoms. The van der Waals surface area contributed by atoms with E-state index in [-0.39, 0.29) is 5.71 Å². The molecule has 0 aliphatic rings. The first-order chi connectivity index (χ1) is 12.0. The molecule has 25 heavy (non-hydrogen) atoms. The fourth-order valence-corrected chi connectivity index (χ4v) is 2.16. The Morgan fingerprint density at radius 2 is 1.68 bits per heavy atom. The predicted octanol–water partition coefficient (Wildman–Crippen LogP) is 3.06. The van der Waals surface area contributed by atoms with E-state index in [1.807, 2.05) is 51.1 Å². The lowest BCUT2D eigenvalue weighted by Gasteiger charge is -2.08. The van der Waals surface area contributed by atoms with Crippen molar-refractivity contribution >= 4 is 11.7 Å². The fraction of sp³-hybridized carbons (Fsp3) is 0.158. The van der Waals surface area contributed by atoms with Crippen LogP contribution in [0, 0.1) is 20.8 Å². The number of carbonyl (C=O) groups is 1. The molecule has 0 radical (unpaired) electrons. The highest BCUT2D eigenvalue weighted by Gasteiger charge is 2.18. The molecule has 0 aliphatic carbocycles. The summed E-state index contributed by atoms with van der Waals surface area (Å²) >= 11 is 0. The number of carbonyl (C=O) groups excluding carboxylic acids is 1. The van der Waals surface area contributed by atoms with Gasteiger partial charge in [0.1, 0.15) is 5.75 Å². The van der Waals surface area contributed by atoms with E-state index in [9.17, 15) is 4.79 Å². The second-order valence-corrected chi connectivity index (χ2v) is 5.67. The minimum atomic E-state index is -0.553. The van der Waals surface area contributed by atoms with Crippen molar-refractivity contribution in [3.05, 3.63) is 77.1 Å². The number of rotatable bonds is 4. The highest BCUT2D eigenvalue weighted by molar-refractivity contribution is 6.43. The Balaban J connectivity index is 1.97. The number of esters is 1. The van der Waals surface area contributed by atoms with Crippen molar-refractivity contribution in [3.8, 4) is 5.75 Å². The first kappa shape index (κ1) is 16.6. The SMILES string of the molecule is Cc1ccc(OC(=O)/C(=N/n2nnc(C)c2C)c2ccccc2)cc1. The lowest BCUT2D eigenvalue weighted by Crippen LogP contribution is -2.23. The summed E-state index contributed by atoms with van der Waals surface area (Å²) in [6.45, 7) is 5.65. The fourth-order valence-electron chi connectivity index (χ4n) is 2.16. The molecule has 2 aromatic carbocycles. The molecule has 0 aliphatic heterocycles. The van der Waals surface area contributed by atoms with E-state index in [1.165, 1.54) is 4.79 Å². The van der Waals surface area contributed by atoms with Crippen LogP contribution in [0.15, 0.2) is 59.7 Å². The third kappa shape index (κ3) is 3.80. The normalized spacial score (nSPS) is 11.4. The average Bonchev–Trinajstić information content (AvgIpc) is 2.94. The van der Waals surface area contributed by atoms with Crippen molar-refractivity contribution in [3.63, 3.8) is 0 Å². The van der Waals surface area contributed by atoms with E-state index in [2.05, 4.69) is 15.4 Å². The lowest BCUT2D eigenvalue weighted by molar-refractivity contribution is -0.126. The second-order valence-electron chi connectivity index (χ2n) is 5.67. The molecule has 0 amide bonds. The zero-order chi connectivity index (χ0) is 17.8. The van der Waals surface area contributed by atoms with Crippen molar-refractivity contribution < 1.29 is 9.53 Å². The van der Waals surface area contributed by atoms with Gasteiger partial charge in [0.25, 0.3) is 0 Å². The Morgan fingerprint density at radius 3 is 2.28 bits per heavy atom. The van der Waals surface area contributed by atoms with Gasteiger partial charge in [0.05, 0.1) is 11.4 Å². The maximum atomic E-state index is 12.7. The van der Waals surface area contributed by atoms with Crippen molar-refractivity contribution in [2.24, 2.45) is 5.10 Å². The number of benzene rings is 2. The summed E-state index contributed by atoms with van der Waals surface area (Å²) in [5.41, 5.74) is 3.41. The summed E-state index contributed by atoms with van der Waals surface area (Å²) in [7, 11) is 0. The van der Waals surface area contributed by atoms with Crippen molar-refractivity contribution in [1.29, 1.82) is 0 Å². The standard InChI is InChI=1S/C19H18N4O2/c1-13-9-11-17(12-10-13)25-19(24)18(16-7-5-4-6-8-16)21-23-15(3)14(2)20-22-23/h4-12H,1-3H3/b21-18+. The molecule has 126 valence electrons. The van der Waals surface area contributed by atoms with Crippen LogP contribution in [0.3, 0.4) is 0 Å². The average molecular weight is 334 g/mol. The molecule has 0 N–H and O–H groups in total. The topological polar surface area (TPSA) is 69.4 Å². The molecule has 0 atom stereocenters. The smallest absolute Gasteiger partial charge is 0.364 e. The van der Waals surface area contributed by atoms with Crippen LogP contribution in [0.25, 0.3) is 0 Å². The molecule has 6 heteroatoms. The molecule has 0 fully saturated rings. The summed E-state index contributed by atoms with van der Waals surface area (Å²) < 4.78 is 5.47. The maximum absolute atomic E-state index is 12.7. The third-order valence-electron chi connectivity index (χ3n) is 3.77. The zero-order valence-corrected chi connectivity index (χ0v) is 14.3. The number of aryl methyl sites for hydroxylation is 2. The molecule has 0 saturated heterocycles. The van der Waals surface area contributed by atoms with Gasteiger partial charge < -0.3 is 4.74 Å². The summed E-state index contributed by atoms with van der Waals surface area (Å²) in [6.07, 6.45) is 0. The predicted molar refractivity (Wildman–Crippen MR) is 94.7 cm³/mol. The second kappa shape index (κ2) is 7.09. The zero-order valence-electron chi connectivity index (χ0n) is 14.3. The summed E-state index contributed by atoms with van der Waals surface area (Å²) in [5, 5.41) is 12.3. The number of aromatic nitrogens is 3. The van der Waals surface area contributed by atoms with Crippen LogP contribution in [0.5, 0.6) is 5.75 Å². The summed E-state index contributed by atoms with van der Waals surface area (Å²) in [4.78, 5) is 14.0. The molecular formula is C19H18N4O2. The van der Waals surface area contributed by atoms with Crippen molar-refractivity contribution in [1.82, 2.24) is 15.1 Å². The molecule has 0 saturated carbocycles. The highest BCUT2D eigenvalue weighted by atomic mass is 16.5. The van der Waals surface area contributed by atoms with Crippen molar-refractivity contribution in [2.75, 3.05) is 0 Å². The van der Waals surface area contributed by atoms with E-state index in [4.69, 9.17) is 4.74 Å². The largest absolute Gasteiger partial charge is 0.422 e. The Hall–Kier alpha value is -3.28. The van der Waals surface area contributed by atoms with E-state index in [0.29, 0.717) is 11.3 Å². The molecule has 3 aromatic rings. The van der Waals surface area contributed by atoms with E-state index in [1.54, 1.807) is 24.3 Å². The van der Waals surface area contributed by atoms with E-state index < -0.39 is 5.97 Å². The number of ether oxygens (including phenoxy) is 1. The number of nitrogens with zero attached hydrogens (tertiary/aromatic N) is 4. The number of hydrogen-bond donors (Lipinski definition) is 0. The first-order valence-corrected chi connectivity index (χ1v) is 7.87. The molecule has 0 spiro atoms. The molecular weight excluding hydrogens is 316 g/mol. The number of hydrogen-bond acceptors (Lipinski definition) is 5. The van der Waals surface area contributed by atoms with Gasteiger partial charge in [-0.25, -0.2) is 4.79 Å². The first-order valence-electron chi connectivity index (χ1n) is 7.87. The molecule has 6 nitrogen and oxygen atoms in total. The van der Waals surface area contributed by atoms with E-state index in [0.717, 1.165) is 17.0 Å². The van der Waals surface area contributed by atoms with Gasteiger partial charge in [-0.2, -0.15) is 0 Å². The van der Waals surface area contributed by atoms with E-state index >= 15 is 0 Å². The van der Waals surface area contributed by atoms with Gasteiger partial charge in [0, 0.05) is 5.56 Å². The minimum absolute atomic E-state index is 0.161. The van der Waals surface area contributed by atoms with Gasteiger partial charge in [-0.05, 0) is 38.1 Å². The van der Waals surface area contributed by atoms with Crippen LogP contribution in [0.4, 0.5) is 0 Å². The monoisotopic (exact) mass is 334 g/mol. The van der Waals surface area contributed by atoms with Gasteiger partial charge >= 0.3 is 5.97 Å². The Morgan fingerprint density at radius 1 is 1.00 bits per heavy atom. The van der Waals surface area contributed by atoms with Crippen LogP contribution in [-0.4, -0.2) is 26.8 Å². The van der Waals surface area contributed by atoms with Crippen LogP contribution in [0.2, 0.25) is 0 Å². The maximum Gasteiger partial charge on any atom is 0.364 e. The molecule has 1 aromatic heterocycles. The van der Waals surface area contributed by atoms with Crippen LogP contribution in [0.1, 0.15) is 22.5 Å². The Bertz CT molecular complexity index is 912. The molecule has 3 rings (SSSR count). The molecule has 0 unspecified atom stereocenters. The van der Waals surface area contributed by atoms with Crippen LogP contribution < -0.4 is 4.74 Å². The van der Waals surface area contributed by atoms with Crippen LogP contribution >= 0.6 is 0 Å². The molecule has 1 heterocycles. The van der Waals surface area contributed by atoms with Gasteiger partial charge in [-0.15, -0.1) is 15.0 Å². The highest BCUT2D eigenvalue weighted by Crippen LogP contribution is 2.14. The summed E-state index contributed by atoms with van der Waals surface area (Å²) in [6, 6.07) is 16.4. The third-order valence-corrected chi connectivity index (χ3v) is 3.77. The minimum Gasteiger partial charge on any atom is -0.422 e. The van der Waals surface area contributed by atoms with Gasteiger partial charge in [0.15, 0.2) is 5.71 Å².